The van der Waals surface area contributed by atoms with Crippen molar-refractivity contribution >= 4 is 28.2 Å². The van der Waals surface area contributed by atoms with E-state index in [2.05, 4.69) is 31.1 Å². The SMILES string of the molecule is CCNc1ncc(CSCCC(C)C)s1. The van der Waals surface area contributed by atoms with Gasteiger partial charge in [-0.1, -0.05) is 13.8 Å². The quantitative estimate of drug-likeness (QED) is 0.737. The van der Waals surface area contributed by atoms with Crippen molar-refractivity contribution in [1.29, 1.82) is 0 Å². The highest BCUT2D eigenvalue weighted by Gasteiger charge is 2.01. The molecule has 0 bridgehead atoms. The number of anilines is 1. The van der Waals surface area contributed by atoms with Crippen molar-refractivity contribution in [3.05, 3.63) is 11.1 Å². The van der Waals surface area contributed by atoms with Crippen molar-refractivity contribution in [3.63, 3.8) is 0 Å². The Balaban J connectivity index is 2.19. The third-order valence-corrected chi connectivity index (χ3v) is 4.14. The van der Waals surface area contributed by atoms with Gasteiger partial charge in [-0.2, -0.15) is 11.8 Å². The van der Waals surface area contributed by atoms with Crippen LogP contribution in [0.5, 0.6) is 0 Å². The number of hydrogen-bond donors (Lipinski definition) is 1. The van der Waals surface area contributed by atoms with Gasteiger partial charge in [-0.15, -0.1) is 11.3 Å². The standard InChI is InChI=1S/C11H20N2S2/c1-4-12-11-13-7-10(15-11)8-14-6-5-9(2)3/h7,9H,4-6,8H2,1-3H3,(H,12,13). The Morgan fingerprint density at radius 3 is 3.00 bits per heavy atom. The molecule has 0 aliphatic carbocycles. The molecule has 0 aliphatic heterocycles. The van der Waals surface area contributed by atoms with Crippen molar-refractivity contribution in [1.82, 2.24) is 4.98 Å². The van der Waals surface area contributed by atoms with Crippen LogP contribution in [0.25, 0.3) is 0 Å². The van der Waals surface area contributed by atoms with Crippen LogP contribution in [0.4, 0.5) is 5.13 Å². The molecule has 0 aliphatic rings. The summed E-state index contributed by atoms with van der Waals surface area (Å²) in [5, 5.41) is 4.29. The first-order valence-electron chi connectivity index (χ1n) is 5.48. The lowest BCUT2D eigenvalue weighted by Gasteiger charge is -2.02. The van der Waals surface area contributed by atoms with E-state index in [0.717, 1.165) is 23.3 Å². The molecule has 0 unspecified atom stereocenters. The van der Waals surface area contributed by atoms with Gasteiger partial charge in [0.15, 0.2) is 5.13 Å². The first kappa shape index (κ1) is 12.8. The summed E-state index contributed by atoms with van der Waals surface area (Å²) in [6, 6.07) is 0. The molecule has 2 nitrogen and oxygen atoms in total. The smallest absolute Gasteiger partial charge is 0.182 e. The normalized spacial score (nSPS) is 10.9. The second-order valence-corrected chi connectivity index (χ2v) is 6.12. The maximum absolute atomic E-state index is 4.31. The molecule has 0 fully saturated rings. The third kappa shape index (κ3) is 5.42. The van der Waals surface area contributed by atoms with E-state index in [-0.39, 0.29) is 0 Å². The molecule has 0 atom stereocenters. The predicted molar refractivity (Wildman–Crippen MR) is 71.9 cm³/mol. The summed E-state index contributed by atoms with van der Waals surface area (Å²) < 4.78 is 0. The van der Waals surface area contributed by atoms with Gasteiger partial charge < -0.3 is 5.32 Å². The topological polar surface area (TPSA) is 24.9 Å². The molecule has 4 heteroatoms. The van der Waals surface area contributed by atoms with Crippen molar-refractivity contribution in [2.24, 2.45) is 5.92 Å². The lowest BCUT2D eigenvalue weighted by atomic mass is 10.2. The van der Waals surface area contributed by atoms with E-state index >= 15 is 0 Å². The largest absolute Gasteiger partial charge is 0.362 e. The van der Waals surface area contributed by atoms with E-state index in [1.54, 1.807) is 11.3 Å². The maximum atomic E-state index is 4.31. The lowest BCUT2D eigenvalue weighted by molar-refractivity contribution is 0.632. The highest BCUT2D eigenvalue weighted by atomic mass is 32.2. The van der Waals surface area contributed by atoms with Gasteiger partial charge in [-0.25, -0.2) is 4.98 Å². The minimum Gasteiger partial charge on any atom is -0.362 e. The number of hydrogen-bond acceptors (Lipinski definition) is 4. The first-order valence-corrected chi connectivity index (χ1v) is 7.45. The summed E-state index contributed by atoms with van der Waals surface area (Å²) in [4.78, 5) is 5.69. The van der Waals surface area contributed by atoms with E-state index in [9.17, 15) is 0 Å². The van der Waals surface area contributed by atoms with Crippen molar-refractivity contribution in [2.45, 2.75) is 32.9 Å². The number of thiazole rings is 1. The van der Waals surface area contributed by atoms with Gasteiger partial charge in [0.2, 0.25) is 0 Å². The summed E-state index contributed by atoms with van der Waals surface area (Å²) in [6.07, 6.45) is 3.30. The molecule has 0 saturated heterocycles. The number of aromatic nitrogens is 1. The average molecular weight is 244 g/mol. The fourth-order valence-corrected chi connectivity index (χ4v) is 3.32. The van der Waals surface area contributed by atoms with E-state index in [4.69, 9.17) is 0 Å². The van der Waals surface area contributed by atoms with Crippen LogP contribution in [0.1, 0.15) is 32.1 Å². The summed E-state index contributed by atoms with van der Waals surface area (Å²) in [7, 11) is 0. The summed E-state index contributed by atoms with van der Waals surface area (Å²) in [5.74, 6) is 3.18. The Labute approximate surface area is 101 Å². The summed E-state index contributed by atoms with van der Waals surface area (Å²) >= 11 is 3.78. The maximum Gasteiger partial charge on any atom is 0.182 e. The Hall–Kier alpha value is -0.220. The minimum atomic E-state index is 0.816. The molecule has 0 amide bonds. The number of nitrogens with one attached hydrogen (secondary N) is 1. The molecule has 1 aromatic rings. The molecule has 0 aromatic carbocycles. The van der Waals surface area contributed by atoms with Crippen molar-refractivity contribution in [2.75, 3.05) is 17.6 Å². The fourth-order valence-electron chi connectivity index (χ4n) is 1.10. The van der Waals surface area contributed by atoms with Crippen LogP contribution in [-0.2, 0) is 5.75 Å². The van der Waals surface area contributed by atoms with E-state index in [1.165, 1.54) is 17.1 Å². The highest BCUT2D eigenvalue weighted by molar-refractivity contribution is 7.98. The van der Waals surface area contributed by atoms with Gasteiger partial charge in [0.1, 0.15) is 0 Å². The lowest BCUT2D eigenvalue weighted by Crippen LogP contribution is -1.94. The Morgan fingerprint density at radius 2 is 2.33 bits per heavy atom. The molecule has 1 rings (SSSR count). The van der Waals surface area contributed by atoms with Crippen LogP contribution < -0.4 is 5.32 Å². The van der Waals surface area contributed by atoms with Crippen LogP contribution in [0.15, 0.2) is 6.20 Å². The van der Waals surface area contributed by atoms with Crippen molar-refractivity contribution in [3.8, 4) is 0 Å². The molecule has 86 valence electrons. The molecule has 1 N–H and O–H groups in total. The molecule has 0 radical (unpaired) electrons. The zero-order valence-corrected chi connectivity index (χ0v) is 11.4. The number of thioether (sulfide) groups is 1. The fraction of sp³-hybridized carbons (Fsp3) is 0.727. The van der Waals surface area contributed by atoms with Gasteiger partial charge in [-0.05, 0) is 25.0 Å². The van der Waals surface area contributed by atoms with Gasteiger partial charge in [0, 0.05) is 23.4 Å². The van der Waals surface area contributed by atoms with Gasteiger partial charge in [0.25, 0.3) is 0 Å². The molecular formula is C11H20N2S2. The zero-order valence-electron chi connectivity index (χ0n) is 9.75. The van der Waals surface area contributed by atoms with Gasteiger partial charge in [-0.3, -0.25) is 0 Å². The van der Waals surface area contributed by atoms with Gasteiger partial charge in [0.05, 0.1) is 0 Å². The Bertz CT molecular complexity index is 271. The third-order valence-electron chi connectivity index (χ3n) is 1.97. The minimum absolute atomic E-state index is 0.816. The number of rotatable bonds is 7. The van der Waals surface area contributed by atoms with Crippen molar-refractivity contribution < 1.29 is 0 Å². The first-order chi connectivity index (χ1) is 7.22. The van der Waals surface area contributed by atoms with Crippen LogP contribution >= 0.6 is 23.1 Å². The molecule has 1 aromatic heterocycles. The monoisotopic (exact) mass is 244 g/mol. The van der Waals surface area contributed by atoms with E-state index in [1.807, 2.05) is 18.0 Å². The molecular weight excluding hydrogens is 224 g/mol. The molecule has 1 heterocycles. The highest BCUT2D eigenvalue weighted by Crippen LogP contribution is 2.23. The average Bonchev–Trinajstić information content (AvgIpc) is 2.61. The Kier molecular flexibility index (Phi) is 6.10. The van der Waals surface area contributed by atoms with Crippen LogP contribution in [-0.4, -0.2) is 17.3 Å². The summed E-state index contributed by atoms with van der Waals surface area (Å²) in [5.41, 5.74) is 0. The Morgan fingerprint density at radius 1 is 1.53 bits per heavy atom. The van der Waals surface area contributed by atoms with E-state index in [0.29, 0.717) is 0 Å². The second-order valence-electron chi connectivity index (χ2n) is 3.90. The van der Waals surface area contributed by atoms with E-state index < -0.39 is 0 Å². The predicted octanol–water partition coefficient (Wildman–Crippen LogP) is 3.85. The molecule has 15 heavy (non-hydrogen) atoms. The molecule has 0 spiro atoms. The van der Waals surface area contributed by atoms with Crippen LogP contribution in [0.3, 0.4) is 0 Å². The van der Waals surface area contributed by atoms with Crippen LogP contribution in [0.2, 0.25) is 0 Å². The zero-order chi connectivity index (χ0) is 11.1. The summed E-state index contributed by atoms with van der Waals surface area (Å²) in [6.45, 7) is 7.60. The second kappa shape index (κ2) is 7.12. The van der Waals surface area contributed by atoms with Gasteiger partial charge >= 0.3 is 0 Å². The number of nitrogens with zero attached hydrogens (tertiary/aromatic N) is 1. The van der Waals surface area contributed by atoms with Crippen LogP contribution in [0, 0.1) is 5.92 Å². The molecule has 0 saturated carbocycles.